The Morgan fingerprint density at radius 3 is 1.04 bits per heavy atom. The molecule has 0 fully saturated rings. The van der Waals surface area contributed by atoms with Gasteiger partial charge in [0.15, 0.2) is 35.8 Å². The van der Waals surface area contributed by atoms with Gasteiger partial charge in [-0.2, -0.15) is 9.98 Å². The molecule has 0 aromatic carbocycles. The Morgan fingerprint density at radius 2 is 0.800 bits per heavy atom. The number of rotatable bonds is 19. The van der Waals surface area contributed by atoms with Crippen LogP contribution in [-0.2, 0) is 0 Å². The van der Waals surface area contributed by atoms with E-state index in [-0.39, 0.29) is 23.8 Å². The number of hydrogen-bond acceptors (Lipinski definition) is 6. The number of guanidine groups is 8. The van der Waals surface area contributed by atoms with E-state index in [9.17, 15) is 0 Å². The highest BCUT2D eigenvalue weighted by molar-refractivity contribution is 5.97. The molecular formula is C30H70N20. The van der Waals surface area contributed by atoms with Crippen molar-refractivity contribution < 1.29 is 0 Å². The van der Waals surface area contributed by atoms with Crippen molar-refractivity contribution in [2.75, 3.05) is 26.2 Å². The van der Waals surface area contributed by atoms with Crippen LogP contribution in [0.1, 0.15) is 105 Å². The van der Waals surface area contributed by atoms with Crippen molar-refractivity contribution in [2.45, 2.75) is 105 Å². The van der Waals surface area contributed by atoms with Crippen LogP contribution in [0.15, 0.2) is 30.0 Å². The molecule has 0 aliphatic carbocycles. The second kappa shape index (κ2) is 33.8. The number of aliphatic imine (C=N–C) groups is 6. The summed E-state index contributed by atoms with van der Waals surface area (Å²) in [6, 6.07) is 0. The van der Waals surface area contributed by atoms with Gasteiger partial charge in [0.2, 0.25) is 11.9 Å². The zero-order valence-electron chi connectivity index (χ0n) is 30.9. The van der Waals surface area contributed by atoms with Crippen molar-refractivity contribution >= 4 is 47.7 Å². The van der Waals surface area contributed by atoms with Gasteiger partial charge in [-0.25, -0.2) is 0 Å². The van der Waals surface area contributed by atoms with Crippen molar-refractivity contribution in [1.29, 1.82) is 10.8 Å². The lowest BCUT2D eigenvalue weighted by Gasteiger charge is -2.12. The molecule has 24 N–H and O–H groups in total. The maximum Gasteiger partial charge on any atom is 0.215 e. The third-order valence-electron chi connectivity index (χ3n) is 6.77. The lowest BCUT2D eigenvalue weighted by molar-refractivity contribution is 0.462. The lowest BCUT2D eigenvalue weighted by atomic mass is 10.00. The maximum atomic E-state index is 6.46. The van der Waals surface area contributed by atoms with E-state index < -0.39 is 0 Å². The van der Waals surface area contributed by atoms with Gasteiger partial charge < -0.3 is 57.3 Å². The molecule has 2 atom stereocenters. The van der Waals surface area contributed by atoms with E-state index in [0.29, 0.717) is 48.8 Å². The van der Waals surface area contributed by atoms with E-state index in [1.807, 2.05) is 0 Å². The summed E-state index contributed by atoms with van der Waals surface area (Å²) in [7, 11) is 0. The Bertz CT molecular complexity index is 986. The van der Waals surface area contributed by atoms with Crippen LogP contribution in [0.2, 0.25) is 0 Å². The van der Waals surface area contributed by atoms with Gasteiger partial charge in [0.1, 0.15) is 0 Å². The van der Waals surface area contributed by atoms with Crippen molar-refractivity contribution in [3.63, 3.8) is 0 Å². The topological polar surface area (TPSA) is 406 Å². The molecule has 0 rings (SSSR count). The molecule has 0 amide bonds. The molecule has 0 aromatic heterocycles. The van der Waals surface area contributed by atoms with Crippen LogP contribution >= 0.6 is 0 Å². The van der Waals surface area contributed by atoms with Crippen molar-refractivity contribution in [1.82, 2.24) is 10.6 Å². The van der Waals surface area contributed by atoms with Crippen LogP contribution in [0, 0.1) is 22.7 Å². The normalized spacial score (nSPS) is 13.0. The molecule has 0 spiro atoms. The Morgan fingerprint density at radius 1 is 0.480 bits per heavy atom. The number of nitrogens with one attached hydrogen (secondary N) is 4. The van der Waals surface area contributed by atoms with E-state index in [2.05, 4.69) is 68.3 Å². The lowest BCUT2D eigenvalue weighted by Crippen LogP contribution is -2.42. The maximum absolute atomic E-state index is 6.46. The molecule has 20 heteroatoms. The van der Waals surface area contributed by atoms with Gasteiger partial charge in [0.05, 0.1) is 0 Å². The van der Waals surface area contributed by atoms with E-state index in [4.69, 9.17) is 68.2 Å². The monoisotopic (exact) mass is 711 g/mol. The van der Waals surface area contributed by atoms with Crippen LogP contribution in [-0.4, -0.2) is 73.9 Å². The first-order valence-corrected chi connectivity index (χ1v) is 17.2. The van der Waals surface area contributed by atoms with E-state index in [1.54, 1.807) is 0 Å². The number of unbranched alkanes of at least 4 members (excludes halogenated alkanes) is 5. The van der Waals surface area contributed by atoms with Crippen LogP contribution in [0.3, 0.4) is 0 Å². The number of nitrogens with zero attached hydrogens (tertiary/aromatic N) is 6. The minimum Gasteiger partial charge on any atom is -0.370 e. The molecule has 20 nitrogen and oxygen atoms in total. The van der Waals surface area contributed by atoms with Crippen molar-refractivity contribution in [2.24, 2.45) is 99.1 Å². The predicted molar refractivity (Wildman–Crippen MR) is 213 cm³/mol. The molecule has 0 saturated carbocycles. The zero-order chi connectivity index (χ0) is 38.7. The molecule has 0 bridgehead atoms. The summed E-state index contributed by atoms with van der Waals surface area (Å²) < 4.78 is 0. The number of hydrogen-bond donors (Lipinski definition) is 14. The molecule has 0 heterocycles. The third-order valence-corrected chi connectivity index (χ3v) is 6.77. The molecule has 0 aliphatic rings. The van der Waals surface area contributed by atoms with Crippen LogP contribution < -0.4 is 68.0 Å². The molecule has 0 saturated heterocycles. The highest BCUT2D eigenvalue weighted by atomic mass is 15.2. The third kappa shape index (κ3) is 39.1. The van der Waals surface area contributed by atoms with Gasteiger partial charge >= 0.3 is 0 Å². The van der Waals surface area contributed by atoms with Gasteiger partial charge in [0.25, 0.3) is 0 Å². The van der Waals surface area contributed by atoms with Crippen molar-refractivity contribution in [3.8, 4) is 0 Å². The minimum absolute atomic E-state index is 0.187. The Labute approximate surface area is 299 Å². The summed E-state index contributed by atoms with van der Waals surface area (Å²) in [6.07, 6.45) is 13.4. The fourth-order valence-corrected chi connectivity index (χ4v) is 3.96. The zero-order valence-corrected chi connectivity index (χ0v) is 30.9. The standard InChI is InChI=1S/C26H56N10.2C2H7N5/c1-5-9-15-21(7-3)19-33-25(29)35-23(27)31-17-13-11-12-14-18-32-24(28)36-26(30)34-20-22(8-4)16-10-6-2;2*3-1(4)7-2(5)6/h21-22H,5-20H2,1-4H3,(H5,27,29,31,33,35)(H5,28,30,32,34,36);2*(H7,3,4,5,6,7). The van der Waals surface area contributed by atoms with Gasteiger partial charge in [-0.3, -0.25) is 41.4 Å². The summed E-state index contributed by atoms with van der Waals surface area (Å²) >= 11 is 0. The fourth-order valence-electron chi connectivity index (χ4n) is 3.96. The van der Waals surface area contributed by atoms with Crippen LogP contribution in [0.25, 0.3) is 0 Å². The van der Waals surface area contributed by atoms with E-state index in [1.165, 1.54) is 38.5 Å². The molecule has 0 aliphatic heterocycles. The van der Waals surface area contributed by atoms with Gasteiger partial charge in [-0.05, 0) is 37.5 Å². The van der Waals surface area contributed by atoms with Crippen LogP contribution in [0.4, 0.5) is 0 Å². The molecule has 50 heavy (non-hydrogen) atoms. The molecular weight excluding hydrogens is 640 g/mol. The highest BCUT2D eigenvalue weighted by Crippen LogP contribution is 2.13. The minimum atomic E-state index is -0.375. The summed E-state index contributed by atoms with van der Waals surface area (Å²) in [5.41, 5.74) is 52.4. The van der Waals surface area contributed by atoms with Crippen LogP contribution in [0.5, 0.6) is 0 Å². The van der Waals surface area contributed by atoms with Crippen molar-refractivity contribution in [3.05, 3.63) is 0 Å². The largest absolute Gasteiger partial charge is 0.370 e. The van der Waals surface area contributed by atoms with Gasteiger partial charge in [-0.1, -0.05) is 79.1 Å². The van der Waals surface area contributed by atoms with Gasteiger partial charge in [-0.15, -0.1) is 0 Å². The second-order valence-corrected chi connectivity index (χ2v) is 11.3. The first kappa shape index (κ1) is 49.3. The smallest absolute Gasteiger partial charge is 0.215 e. The predicted octanol–water partition coefficient (Wildman–Crippen LogP) is -0.276. The summed E-state index contributed by atoms with van der Waals surface area (Å²) in [4.78, 5) is 23.7. The second-order valence-electron chi connectivity index (χ2n) is 11.3. The summed E-state index contributed by atoms with van der Waals surface area (Å²) in [5.74, 6) is 1.31. The van der Waals surface area contributed by atoms with Gasteiger partial charge in [0, 0.05) is 26.2 Å². The summed E-state index contributed by atoms with van der Waals surface area (Å²) in [5, 5.41) is 18.7. The average molecular weight is 711 g/mol. The molecule has 0 aromatic rings. The number of nitrogens with two attached hydrogens (primary N) is 10. The first-order chi connectivity index (χ1) is 23.6. The fraction of sp³-hybridized carbons (Fsp3) is 0.733. The average Bonchev–Trinajstić information content (AvgIpc) is 3.01. The SMILES string of the molecule is CCCCC(CC)CN=C(N)NC(N)=NCCCCCCN=C(N)NC(N)=NCC(CC)CCCC.N=C(N)N=C(N)N.N=C(N)N=C(N)N. The Balaban J connectivity index is -0.00000131. The molecule has 290 valence electrons. The Kier molecular flexibility index (Phi) is 33.4. The molecule has 0 radical (unpaired) electrons. The van der Waals surface area contributed by atoms with E-state index >= 15 is 0 Å². The Hall–Kier alpha value is -5.04. The highest BCUT2D eigenvalue weighted by Gasteiger charge is 2.06. The summed E-state index contributed by atoms with van der Waals surface area (Å²) in [6.45, 7) is 11.5. The van der Waals surface area contributed by atoms with E-state index in [0.717, 1.165) is 51.6 Å². The molecule has 2 unspecified atom stereocenters. The quantitative estimate of drug-likeness (QED) is 0.0468. The first-order valence-electron chi connectivity index (χ1n) is 17.2.